The molecule has 0 saturated heterocycles. The van der Waals surface area contributed by atoms with Gasteiger partial charge >= 0.3 is 6.09 Å². The second-order valence-electron chi connectivity index (χ2n) is 9.54. The van der Waals surface area contributed by atoms with Crippen LogP contribution in [0.25, 0.3) is 11.6 Å². The number of aromatic nitrogens is 4. The molecular formula is C27H27N5O5. The zero-order valence-electron chi connectivity index (χ0n) is 20.7. The van der Waals surface area contributed by atoms with E-state index in [0.717, 1.165) is 16.9 Å². The molecule has 0 atom stereocenters. The highest BCUT2D eigenvalue weighted by molar-refractivity contribution is 5.65. The summed E-state index contributed by atoms with van der Waals surface area (Å²) >= 11 is 0. The maximum atomic E-state index is 10.7. The Labute approximate surface area is 213 Å². The summed E-state index contributed by atoms with van der Waals surface area (Å²) in [6.07, 6.45) is 0.408. The number of benzene rings is 2. The summed E-state index contributed by atoms with van der Waals surface area (Å²) in [5.41, 5.74) is 2.51. The van der Waals surface area contributed by atoms with Gasteiger partial charge in [0.2, 0.25) is 5.88 Å². The fourth-order valence-electron chi connectivity index (χ4n) is 4.21. The third-order valence-corrected chi connectivity index (χ3v) is 6.49. The number of ether oxygens (including phenoxy) is 2. The van der Waals surface area contributed by atoms with Crippen LogP contribution < -0.4 is 14.8 Å². The van der Waals surface area contributed by atoms with Gasteiger partial charge in [-0.25, -0.2) is 4.79 Å². The van der Waals surface area contributed by atoms with Gasteiger partial charge in [-0.1, -0.05) is 43.3 Å². The first-order valence-electron chi connectivity index (χ1n) is 12.0. The second-order valence-corrected chi connectivity index (χ2v) is 9.54. The Bertz CT molecular complexity index is 1360. The molecule has 37 heavy (non-hydrogen) atoms. The van der Waals surface area contributed by atoms with E-state index in [1.807, 2.05) is 36.4 Å². The standard InChI is InChI=1S/C27H27N5O5/c1-16-28-25(37-32-16)23-12-13-24(31-30-23)36-21-10-6-18(7-11-21)27(2,3)17-4-8-20(9-5-17)35-22-14-19(15-22)29-26(33)34/h4-13,19,22,29H,14-15H2,1-3H3,(H,33,34)/t19-,22-. The van der Waals surface area contributed by atoms with E-state index in [-0.39, 0.29) is 17.6 Å². The van der Waals surface area contributed by atoms with Crippen LogP contribution in [0.1, 0.15) is 43.6 Å². The van der Waals surface area contributed by atoms with Crippen molar-refractivity contribution in [2.75, 3.05) is 0 Å². The van der Waals surface area contributed by atoms with Crippen LogP contribution >= 0.6 is 0 Å². The summed E-state index contributed by atoms with van der Waals surface area (Å²) in [5.74, 6) is 2.63. The molecule has 2 heterocycles. The molecule has 4 aromatic rings. The number of hydrogen-bond donors (Lipinski definition) is 2. The van der Waals surface area contributed by atoms with Crippen molar-refractivity contribution in [1.29, 1.82) is 0 Å². The fourth-order valence-corrected chi connectivity index (χ4v) is 4.21. The van der Waals surface area contributed by atoms with Crippen LogP contribution in [-0.2, 0) is 5.41 Å². The molecular weight excluding hydrogens is 474 g/mol. The molecule has 2 aromatic heterocycles. The van der Waals surface area contributed by atoms with Crippen molar-refractivity contribution in [2.24, 2.45) is 0 Å². The molecule has 2 N–H and O–H groups in total. The van der Waals surface area contributed by atoms with E-state index in [1.165, 1.54) is 0 Å². The average Bonchev–Trinajstić information content (AvgIpc) is 3.30. The van der Waals surface area contributed by atoms with Crippen LogP contribution in [0.3, 0.4) is 0 Å². The predicted molar refractivity (Wildman–Crippen MR) is 134 cm³/mol. The number of amides is 1. The highest BCUT2D eigenvalue weighted by Gasteiger charge is 2.32. The monoisotopic (exact) mass is 501 g/mol. The highest BCUT2D eigenvalue weighted by Crippen LogP contribution is 2.35. The minimum atomic E-state index is -0.992. The van der Waals surface area contributed by atoms with E-state index >= 15 is 0 Å². The van der Waals surface area contributed by atoms with E-state index < -0.39 is 6.09 Å². The first-order valence-corrected chi connectivity index (χ1v) is 12.0. The molecule has 1 saturated carbocycles. The van der Waals surface area contributed by atoms with Gasteiger partial charge in [0.05, 0.1) is 0 Å². The minimum absolute atomic E-state index is 0.0278. The Kier molecular flexibility index (Phi) is 6.47. The summed E-state index contributed by atoms with van der Waals surface area (Å²) < 4.78 is 16.9. The fraction of sp³-hybridized carbons (Fsp3) is 0.296. The molecule has 0 radical (unpaired) electrons. The predicted octanol–water partition coefficient (Wildman–Crippen LogP) is 5.13. The van der Waals surface area contributed by atoms with Gasteiger partial charge in [0.25, 0.3) is 5.89 Å². The van der Waals surface area contributed by atoms with Gasteiger partial charge in [-0.3, -0.25) is 0 Å². The summed E-state index contributed by atoms with van der Waals surface area (Å²) in [6.45, 7) is 6.06. The third kappa shape index (κ3) is 5.53. The smallest absolute Gasteiger partial charge is 0.404 e. The Morgan fingerprint density at radius 2 is 1.62 bits per heavy atom. The van der Waals surface area contributed by atoms with Crippen LogP contribution in [0.15, 0.2) is 65.2 Å². The summed E-state index contributed by atoms with van der Waals surface area (Å²) in [6, 6.07) is 19.3. The second kappa shape index (κ2) is 9.88. The lowest BCUT2D eigenvalue weighted by atomic mass is 9.78. The van der Waals surface area contributed by atoms with Gasteiger partial charge in [-0.2, -0.15) is 4.98 Å². The Morgan fingerprint density at radius 3 is 2.16 bits per heavy atom. The molecule has 190 valence electrons. The third-order valence-electron chi connectivity index (χ3n) is 6.49. The molecule has 1 fully saturated rings. The van der Waals surface area contributed by atoms with Gasteiger partial charge < -0.3 is 24.4 Å². The maximum Gasteiger partial charge on any atom is 0.404 e. The van der Waals surface area contributed by atoms with Crippen LogP contribution in [0.5, 0.6) is 17.4 Å². The van der Waals surface area contributed by atoms with Crippen molar-refractivity contribution < 1.29 is 23.9 Å². The number of aryl methyl sites for hydroxylation is 1. The van der Waals surface area contributed by atoms with E-state index in [2.05, 4.69) is 51.6 Å². The average molecular weight is 502 g/mol. The van der Waals surface area contributed by atoms with Crippen LogP contribution in [0.4, 0.5) is 4.79 Å². The first kappa shape index (κ1) is 24.2. The van der Waals surface area contributed by atoms with Crippen molar-refractivity contribution in [3.63, 3.8) is 0 Å². The van der Waals surface area contributed by atoms with Crippen LogP contribution in [0, 0.1) is 6.92 Å². The van der Waals surface area contributed by atoms with Gasteiger partial charge in [0.15, 0.2) is 11.5 Å². The molecule has 0 aliphatic heterocycles. The number of rotatable bonds is 8. The van der Waals surface area contributed by atoms with Crippen molar-refractivity contribution in [3.05, 3.63) is 77.6 Å². The van der Waals surface area contributed by atoms with Crippen LogP contribution in [-0.4, -0.2) is 43.7 Å². The van der Waals surface area contributed by atoms with Gasteiger partial charge in [-0.05, 0) is 48.4 Å². The quantitative estimate of drug-likeness (QED) is 0.337. The molecule has 1 aliphatic rings. The highest BCUT2D eigenvalue weighted by atomic mass is 16.5. The normalized spacial score (nSPS) is 17.1. The van der Waals surface area contributed by atoms with E-state index in [1.54, 1.807) is 19.1 Å². The number of hydrogen-bond acceptors (Lipinski definition) is 8. The number of nitrogens with zero attached hydrogens (tertiary/aromatic N) is 4. The lowest BCUT2D eigenvalue weighted by Crippen LogP contribution is -2.48. The lowest BCUT2D eigenvalue weighted by molar-refractivity contribution is 0.0833. The number of carbonyl (C=O) groups is 1. The summed E-state index contributed by atoms with van der Waals surface area (Å²) in [5, 5.41) is 23.2. The topological polar surface area (TPSA) is 132 Å². The SMILES string of the molecule is Cc1noc(-c2ccc(Oc3ccc(C(C)(C)c4ccc(O[C@H]5C[C@H](NC(=O)O)C5)cc4)cc3)nn2)n1. The zero-order chi connectivity index (χ0) is 26.0. The van der Waals surface area contributed by atoms with Gasteiger partial charge in [-0.15, -0.1) is 10.2 Å². The van der Waals surface area contributed by atoms with E-state index in [4.69, 9.17) is 19.1 Å². The van der Waals surface area contributed by atoms with E-state index in [0.29, 0.717) is 41.9 Å². The lowest BCUT2D eigenvalue weighted by Gasteiger charge is -2.35. The van der Waals surface area contributed by atoms with Crippen LogP contribution in [0.2, 0.25) is 0 Å². The number of nitrogens with one attached hydrogen (secondary N) is 1. The molecule has 5 rings (SSSR count). The molecule has 0 spiro atoms. The molecule has 0 unspecified atom stereocenters. The Morgan fingerprint density at radius 1 is 0.973 bits per heavy atom. The van der Waals surface area contributed by atoms with E-state index in [9.17, 15) is 4.79 Å². The minimum Gasteiger partial charge on any atom is -0.490 e. The van der Waals surface area contributed by atoms with Gasteiger partial charge in [0, 0.05) is 30.4 Å². The summed E-state index contributed by atoms with van der Waals surface area (Å²) in [7, 11) is 0. The molecule has 1 aliphatic carbocycles. The molecule has 10 nitrogen and oxygen atoms in total. The van der Waals surface area contributed by atoms with Crippen molar-refractivity contribution in [2.45, 2.75) is 51.2 Å². The molecule has 0 bridgehead atoms. The molecule has 1 amide bonds. The largest absolute Gasteiger partial charge is 0.490 e. The maximum absolute atomic E-state index is 10.7. The van der Waals surface area contributed by atoms with Crippen molar-refractivity contribution in [1.82, 2.24) is 25.7 Å². The summed E-state index contributed by atoms with van der Waals surface area (Å²) in [4.78, 5) is 14.8. The Hall–Kier alpha value is -4.47. The Balaban J connectivity index is 1.19. The molecule has 10 heteroatoms. The van der Waals surface area contributed by atoms with Gasteiger partial charge in [0.1, 0.15) is 17.6 Å². The number of carboxylic acid groups (broad SMARTS) is 1. The molecule has 2 aromatic carbocycles. The van der Waals surface area contributed by atoms with Crippen molar-refractivity contribution >= 4 is 6.09 Å². The zero-order valence-corrected chi connectivity index (χ0v) is 20.7. The first-order chi connectivity index (χ1) is 17.8. The van der Waals surface area contributed by atoms with Crippen molar-refractivity contribution in [3.8, 4) is 29.0 Å².